The van der Waals surface area contributed by atoms with Crippen molar-refractivity contribution in [1.29, 1.82) is 0 Å². The lowest BCUT2D eigenvalue weighted by molar-refractivity contribution is -0.0190. The molecule has 0 saturated carbocycles. The molecule has 0 radical (unpaired) electrons. The van der Waals surface area contributed by atoms with Crippen LogP contribution in [0, 0.1) is 0 Å². The van der Waals surface area contributed by atoms with Crippen LogP contribution in [-0.4, -0.2) is 10.7 Å². The molecule has 4 aromatic rings. The van der Waals surface area contributed by atoms with E-state index in [0.717, 1.165) is 23.4 Å². The van der Waals surface area contributed by atoms with Crippen molar-refractivity contribution in [3.63, 3.8) is 0 Å². The molecule has 0 saturated heterocycles. The molecule has 6 rings (SSSR count). The van der Waals surface area contributed by atoms with Crippen LogP contribution in [0.5, 0.6) is 5.75 Å². The Kier molecular flexibility index (Phi) is 4.50. The fourth-order valence-corrected chi connectivity index (χ4v) is 4.84. The summed E-state index contributed by atoms with van der Waals surface area (Å²) >= 11 is 0. The van der Waals surface area contributed by atoms with Crippen LogP contribution in [0.1, 0.15) is 60.7 Å². The average molecular weight is 419 g/mol. The molecule has 0 bridgehead atoms. The van der Waals surface area contributed by atoms with Crippen LogP contribution in [0.3, 0.4) is 0 Å². The van der Waals surface area contributed by atoms with Gasteiger partial charge < -0.3 is 4.74 Å². The number of para-hydroxylation sites is 1. The lowest BCUT2D eigenvalue weighted by atomic mass is 9.94. The maximum Gasteiger partial charge on any atom is 0.213 e. The number of nitrogens with zero attached hydrogens (tertiary/aromatic N) is 2. The molecule has 2 unspecified atom stereocenters. The molecule has 0 N–H and O–H groups in total. The van der Waals surface area contributed by atoms with E-state index >= 15 is 0 Å². The first-order valence-corrected chi connectivity index (χ1v) is 11.4. The van der Waals surface area contributed by atoms with Crippen molar-refractivity contribution in [3.05, 3.63) is 113 Å². The zero-order valence-electron chi connectivity index (χ0n) is 18.4. The van der Waals surface area contributed by atoms with E-state index in [-0.39, 0.29) is 12.3 Å². The van der Waals surface area contributed by atoms with E-state index in [9.17, 15) is 0 Å². The van der Waals surface area contributed by atoms with Crippen molar-refractivity contribution in [2.24, 2.45) is 5.10 Å². The van der Waals surface area contributed by atoms with E-state index in [0.29, 0.717) is 5.92 Å². The molecule has 2 atom stereocenters. The van der Waals surface area contributed by atoms with Crippen molar-refractivity contribution in [3.8, 4) is 5.75 Å². The second-order valence-electron chi connectivity index (χ2n) is 9.04. The maximum atomic E-state index is 6.51. The number of rotatable bonds is 3. The monoisotopic (exact) mass is 418 g/mol. The largest absolute Gasteiger partial charge is 0.464 e. The summed E-state index contributed by atoms with van der Waals surface area (Å²) in [6.45, 7) is 4.44. The van der Waals surface area contributed by atoms with Crippen molar-refractivity contribution >= 4 is 16.5 Å². The van der Waals surface area contributed by atoms with Crippen molar-refractivity contribution in [2.75, 3.05) is 0 Å². The smallest absolute Gasteiger partial charge is 0.213 e. The molecule has 2 heterocycles. The van der Waals surface area contributed by atoms with Gasteiger partial charge in [0.2, 0.25) is 6.23 Å². The van der Waals surface area contributed by atoms with Gasteiger partial charge in [-0.2, -0.15) is 5.10 Å². The number of benzene rings is 4. The Morgan fingerprint density at radius 1 is 0.844 bits per heavy atom. The zero-order valence-corrected chi connectivity index (χ0v) is 18.4. The van der Waals surface area contributed by atoms with Crippen LogP contribution in [0.15, 0.2) is 96.1 Å². The van der Waals surface area contributed by atoms with Gasteiger partial charge in [0.15, 0.2) is 0 Å². The molecule has 0 aromatic heterocycles. The topological polar surface area (TPSA) is 24.8 Å². The Morgan fingerprint density at radius 2 is 1.59 bits per heavy atom. The first-order valence-electron chi connectivity index (χ1n) is 11.4. The summed E-state index contributed by atoms with van der Waals surface area (Å²) in [5.74, 6) is 1.47. The van der Waals surface area contributed by atoms with Gasteiger partial charge in [-0.25, -0.2) is 5.01 Å². The van der Waals surface area contributed by atoms with Crippen LogP contribution in [0.25, 0.3) is 10.8 Å². The summed E-state index contributed by atoms with van der Waals surface area (Å²) in [5.41, 5.74) is 5.98. The summed E-state index contributed by atoms with van der Waals surface area (Å²) in [6.07, 6.45) is 0.647. The van der Waals surface area contributed by atoms with Gasteiger partial charge in [0, 0.05) is 17.5 Å². The fourth-order valence-electron chi connectivity index (χ4n) is 4.84. The minimum absolute atomic E-state index is 0.177. The highest BCUT2D eigenvalue weighted by Crippen LogP contribution is 2.47. The number of fused-ring (bicyclic) bond motifs is 4. The first-order chi connectivity index (χ1) is 15.7. The van der Waals surface area contributed by atoms with Crippen LogP contribution < -0.4 is 4.74 Å². The van der Waals surface area contributed by atoms with Crippen LogP contribution in [0.2, 0.25) is 0 Å². The third-order valence-electron chi connectivity index (χ3n) is 6.67. The highest BCUT2D eigenvalue weighted by molar-refractivity contribution is 6.04. The van der Waals surface area contributed by atoms with Crippen LogP contribution in [-0.2, 0) is 0 Å². The molecule has 0 amide bonds. The van der Waals surface area contributed by atoms with E-state index in [2.05, 4.69) is 104 Å². The Morgan fingerprint density at radius 3 is 2.41 bits per heavy atom. The molecule has 4 aromatic carbocycles. The van der Waals surface area contributed by atoms with Crippen molar-refractivity contribution in [1.82, 2.24) is 5.01 Å². The summed E-state index contributed by atoms with van der Waals surface area (Å²) in [5, 5.41) is 9.79. The summed E-state index contributed by atoms with van der Waals surface area (Å²) in [6, 6.07) is 32.5. The number of ether oxygens (including phenoxy) is 1. The molecule has 0 spiro atoms. The third kappa shape index (κ3) is 3.16. The fraction of sp³-hybridized carbons (Fsp3) is 0.207. The van der Waals surface area contributed by atoms with Gasteiger partial charge in [-0.15, -0.1) is 0 Å². The SMILES string of the molecule is CC(C)c1ccc(C2Oc3ccccc3C3CC(c4ccc5ccccc5c4)=NN32)cc1. The quantitative estimate of drug-likeness (QED) is 0.351. The number of hydrazone groups is 1. The second kappa shape index (κ2) is 7.52. The van der Waals surface area contributed by atoms with Gasteiger partial charge in [-0.05, 0) is 39.9 Å². The van der Waals surface area contributed by atoms with Gasteiger partial charge >= 0.3 is 0 Å². The Hall–Kier alpha value is -3.59. The minimum Gasteiger partial charge on any atom is -0.464 e. The predicted molar refractivity (Wildman–Crippen MR) is 130 cm³/mol. The lowest BCUT2D eigenvalue weighted by Gasteiger charge is -2.38. The summed E-state index contributed by atoms with van der Waals surface area (Å²) in [4.78, 5) is 0. The first kappa shape index (κ1) is 19.1. The third-order valence-corrected chi connectivity index (χ3v) is 6.67. The van der Waals surface area contributed by atoms with Gasteiger partial charge in [-0.3, -0.25) is 0 Å². The normalized spacial score (nSPS) is 19.5. The van der Waals surface area contributed by atoms with E-state index < -0.39 is 0 Å². The van der Waals surface area contributed by atoms with Gasteiger partial charge in [0.05, 0.1) is 11.8 Å². The maximum absolute atomic E-state index is 6.51. The summed E-state index contributed by atoms with van der Waals surface area (Å²) < 4.78 is 6.51. The Balaban J connectivity index is 1.42. The van der Waals surface area contributed by atoms with E-state index in [4.69, 9.17) is 9.84 Å². The molecule has 2 aliphatic rings. The molecular weight excluding hydrogens is 392 g/mol. The number of hydrogen-bond donors (Lipinski definition) is 0. The molecular formula is C29H26N2O. The molecule has 2 aliphatic heterocycles. The minimum atomic E-state index is -0.228. The Labute approximate surface area is 189 Å². The highest BCUT2D eigenvalue weighted by Gasteiger charge is 2.40. The molecule has 0 fully saturated rings. The summed E-state index contributed by atoms with van der Waals surface area (Å²) in [7, 11) is 0. The molecule has 3 nitrogen and oxygen atoms in total. The Bertz CT molecular complexity index is 1320. The molecule has 32 heavy (non-hydrogen) atoms. The average Bonchev–Trinajstić information content (AvgIpc) is 3.29. The zero-order chi connectivity index (χ0) is 21.7. The molecule has 158 valence electrons. The van der Waals surface area contributed by atoms with Gasteiger partial charge in [0.25, 0.3) is 0 Å². The van der Waals surface area contributed by atoms with Crippen LogP contribution in [0.4, 0.5) is 0 Å². The van der Waals surface area contributed by atoms with Gasteiger partial charge in [-0.1, -0.05) is 92.7 Å². The molecule has 0 aliphatic carbocycles. The van der Waals surface area contributed by atoms with E-state index in [1.54, 1.807) is 0 Å². The highest BCUT2D eigenvalue weighted by atomic mass is 16.5. The van der Waals surface area contributed by atoms with Crippen molar-refractivity contribution < 1.29 is 4.74 Å². The standard InChI is InChI=1S/C29H26N2O/c1-19(2)20-11-14-22(15-12-20)29-31-27(25-9-5-6-10-28(25)32-29)18-26(30-31)24-16-13-21-7-3-4-8-23(21)17-24/h3-17,19,27,29H,18H2,1-2H3. The van der Waals surface area contributed by atoms with Crippen LogP contribution >= 0.6 is 0 Å². The van der Waals surface area contributed by atoms with E-state index in [1.807, 2.05) is 6.07 Å². The molecule has 3 heteroatoms. The van der Waals surface area contributed by atoms with Crippen molar-refractivity contribution in [2.45, 2.75) is 38.5 Å². The van der Waals surface area contributed by atoms with Gasteiger partial charge in [0.1, 0.15) is 5.75 Å². The lowest BCUT2D eigenvalue weighted by Crippen LogP contribution is -2.33. The van der Waals surface area contributed by atoms with E-state index in [1.165, 1.54) is 27.5 Å². The second-order valence-corrected chi connectivity index (χ2v) is 9.04. The number of hydrogen-bond acceptors (Lipinski definition) is 3. The predicted octanol–water partition coefficient (Wildman–Crippen LogP) is 7.21.